The molecule has 4 nitrogen and oxygen atoms in total. The van der Waals surface area contributed by atoms with E-state index in [0.29, 0.717) is 11.8 Å². The molecule has 2 atom stereocenters. The van der Waals surface area contributed by atoms with Crippen LogP contribution in [0, 0.1) is 11.8 Å². The molecule has 4 heteroatoms. The Morgan fingerprint density at radius 1 is 1.55 bits per heavy atom. The summed E-state index contributed by atoms with van der Waals surface area (Å²) in [5.74, 6) is 2.38. The minimum atomic E-state index is -0.200. The van der Waals surface area contributed by atoms with Crippen LogP contribution < -0.4 is 5.32 Å². The molecule has 0 aromatic carbocycles. The second kappa shape index (κ2) is 6.72. The van der Waals surface area contributed by atoms with Crippen molar-refractivity contribution in [2.45, 2.75) is 58.6 Å². The lowest BCUT2D eigenvalue weighted by molar-refractivity contribution is -0.0641. The maximum absolute atomic E-state index is 5.88. The summed E-state index contributed by atoms with van der Waals surface area (Å²) in [6, 6.07) is 0. The average Bonchev–Trinajstić information content (AvgIpc) is 2.87. The molecule has 0 spiro atoms. The van der Waals surface area contributed by atoms with E-state index in [1.54, 1.807) is 0 Å². The predicted octanol–water partition coefficient (Wildman–Crippen LogP) is 3.21. The fraction of sp³-hybridized carbons (Fsp3) is 0.812. The van der Waals surface area contributed by atoms with Gasteiger partial charge in [-0.1, -0.05) is 27.2 Å². The van der Waals surface area contributed by atoms with Crippen molar-refractivity contribution in [2.24, 2.45) is 11.8 Å². The standard InChI is InChI=1S/C16H29N3O/c1-12(2)9-17-10-14-11-18-15(19-14)16(20-4)7-5-6-13(3)8-16/h11-13,17H,5-10H2,1-4H3,(H,18,19). The number of H-pyrrole nitrogens is 1. The third kappa shape index (κ3) is 3.61. The molecule has 0 saturated heterocycles. The van der Waals surface area contributed by atoms with Crippen LogP contribution in [0.4, 0.5) is 0 Å². The number of hydrogen-bond donors (Lipinski definition) is 2. The molecule has 20 heavy (non-hydrogen) atoms. The fourth-order valence-electron chi connectivity index (χ4n) is 3.18. The Hall–Kier alpha value is -0.870. The molecule has 1 saturated carbocycles. The number of ether oxygens (including phenoxy) is 1. The quantitative estimate of drug-likeness (QED) is 0.840. The van der Waals surface area contributed by atoms with E-state index in [9.17, 15) is 0 Å². The lowest BCUT2D eigenvalue weighted by Gasteiger charge is -2.37. The lowest BCUT2D eigenvalue weighted by atomic mass is 9.78. The predicted molar refractivity (Wildman–Crippen MR) is 81.5 cm³/mol. The average molecular weight is 279 g/mol. The second-order valence-corrected chi connectivity index (χ2v) is 6.68. The summed E-state index contributed by atoms with van der Waals surface area (Å²) in [5, 5.41) is 3.44. The first-order valence-corrected chi connectivity index (χ1v) is 7.86. The molecule has 1 aromatic rings. The number of hydrogen-bond acceptors (Lipinski definition) is 3. The Balaban J connectivity index is 2.02. The zero-order valence-electron chi connectivity index (χ0n) is 13.3. The molecule has 1 aliphatic carbocycles. The van der Waals surface area contributed by atoms with E-state index in [1.165, 1.54) is 12.8 Å². The van der Waals surface area contributed by atoms with E-state index in [4.69, 9.17) is 4.74 Å². The smallest absolute Gasteiger partial charge is 0.138 e. The van der Waals surface area contributed by atoms with E-state index in [2.05, 4.69) is 36.1 Å². The Bertz CT molecular complexity index is 416. The molecule has 2 N–H and O–H groups in total. The van der Waals surface area contributed by atoms with Crippen LogP contribution in [0.25, 0.3) is 0 Å². The third-order valence-corrected chi connectivity index (χ3v) is 4.27. The Labute approximate surface area is 122 Å². The Morgan fingerprint density at radius 3 is 3.00 bits per heavy atom. The maximum atomic E-state index is 5.88. The van der Waals surface area contributed by atoms with Crippen LogP contribution in [-0.4, -0.2) is 23.6 Å². The number of nitrogens with zero attached hydrogens (tertiary/aromatic N) is 1. The first-order valence-electron chi connectivity index (χ1n) is 7.86. The SMILES string of the molecule is COC1(c2ncc(CNCC(C)C)[nH]2)CCCC(C)C1. The number of nitrogens with one attached hydrogen (secondary N) is 2. The van der Waals surface area contributed by atoms with Crippen molar-refractivity contribution in [3.8, 4) is 0 Å². The molecule has 0 aliphatic heterocycles. The molecular weight excluding hydrogens is 250 g/mol. The third-order valence-electron chi connectivity index (χ3n) is 4.27. The topological polar surface area (TPSA) is 49.9 Å². The van der Waals surface area contributed by atoms with Crippen LogP contribution in [-0.2, 0) is 16.9 Å². The molecule has 2 unspecified atom stereocenters. The highest BCUT2D eigenvalue weighted by Crippen LogP contribution is 2.41. The highest BCUT2D eigenvalue weighted by Gasteiger charge is 2.39. The summed E-state index contributed by atoms with van der Waals surface area (Å²) in [4.78, 5) is 8.06. The van der Waals surface area contributed by atoms with Crippen LogP contribution in [0.1, 0.15) is 58.0 Å². The molecule has 1 aromatic heterocycles. The minimum Gasteiger partial charge on any atom is -0.370 e. The summed E-state index contributed by atoms with van der Waals surface area (Å²) in [6.07, 6.45) is 6.60. The van der Waals surface area contributed by atoms with Gasteiger partial charge in [0.15, 0.2) is 0 Å². The first kappa shape index (κ1) is 15.5. The van der Waals surface area contributed by atoms with Gasteiger partial charge in [-0.05, 0) is 37.6 Å². The van der Waals surface area contributed by atoms with Crippen molar-refractivity contribution in [1.29, 1.82) is 0 Å². The Morgan fingerprint density at radius 2 is 2.35 bits per heavy atom. The van der Waals surface area contributed by atoms with Crippen LogP contribution in [0.15, 0.2) is 6.20 Å². The van der Waals surface area contributed by atoms with Gasteiger partial charge in [-0.25, -0.2) is 4.98 Å². The number of aromatic amines is 1. The number of rotatable bonds is 6. The molecule has 1 aliphatic rings. The largest absolute Gasteiger partial charge is 0.370 e. The maximum Gasteiger partial charge on any atom is 0.138 e. The number of imidazole rings is 1. The molecule has 114 valence electrons. The zero-order chi connectivity index (χ0) is 14.6. The summed E-state index contributed by atoms with van der Waals surface area (Å²) < 4.78 is 5.88. The van der Waals surface area contributed by atoms with Gasteiger partial charge in [0.25, 0.3) is 0 Å². The molecule has 2 rings (SSSR count). The van der Waals surface area contributed by atoms with E-state index in [0.717, 1.165) is 37.4 Å². The van der Waals surface area contributed by atoms with E-state index in [-0.39, 0.29) is 5.60 Å². The van der Waals surface area contributed by atoms with E-state index < -0.39 is 0 Å². The van der Waals surface area contributed by atoms with Crippen LogP contribution >= 0.6 is 0 Å². The van der Waals surface area contributed by atoms with Crippen LogP contribution in [0.5, 0.6) is 0 Å². The van der Waals surface area contributed by atoms with Gasteiger partial charge < -0.3 is 15.0 Å². The van der Waals surface area contributed by atoms with Crippen molar-refractivity contribution in [1.82, 2.24) is 15.3 Å². The number of methoxy groups -OCH3 is 1. The molecule has 0 radical (unpaired) electrons. The molecule has 0 amide bonds. The van der Waals surface area contributed by atoms with Crippen molar-refractivity contribution < 1.29 is 4.74 Å². The van der Waals surface area contributed by atoms with Gasteiger partial charge >= 0.3 is 0 Å². The van der Waals surface area contributed by atoms with Gasteiger partial charge in [-0.2, -0.15) is 0 Å². The van der Waals surface area contributed by atoms with E-state index in [1.807, 2.05) is 13.3 Å². The second-order valence-electron chi connectivity index (χ2n) is 6.68. The van der Waals surface area contributed by atoms with Crippen LogP contribution in [0.3, 0.4) is 0 Å². The van der Waals surface area contributed by atoms with Gasteiger partial charge in [0, 0.05) is 25.5 Å². The summed E-state index contributed by atoms with van der Waals surface area (Å²) in [5.41, 5.74) is 0.948. The van der Waals surface area contributed by atoms with Crippen LogP contribution in [0.2, 0.25) is 0 Å². The fourth-order valence-corrected chi connectivity index (χ4v) is 3.18. The highest BCUT2D eigenvalue weighted by molar-refractivity contribution is 5.10. The summed E-state index contributed by atoms with van der Waals surface area (Å²) in [6.45, 7) is 8.62. The highest BCUT2D eigenvalue weighted by atomic mass is 16.5. The lowest BCUT2D eigenvalue weighted by Crippen LogP contribution is -2.35. The van der Waals surface area contributed by atoms with Gasteiger partial charge in [0.05, 0.1) is 0 Å². The summed E-state index contributed by atoms with van der Waals surface area (Å²) >= 11 is 0. The van der Waals surface area contributed by atoms with Gasteiger partial charge in [-0.15, -0.1) is 0 Å². The van der Waals surface area contributed by atoms with Crippen molar-refractivity contribution in [3.05, 3.63) is 17.7 Å². The zero-order valence-corrected chi connectivity index (χ0v) is 13.3. The minimum absolute atomic E-state index is 0.200. The van der Waals surface area contributed by atoms with Gasteiger partial charge in [0.2, 0.25) is 0 Å². The van der Waals surface area contributed by atoms with E-state index >= 15 is 0 Å². The molecule has 0 bridgehead atoms. The summed E-state index contributed by atoms with van der Waals surface area (Å²) in [7, 11) is 1.82. The monoisotopic (exact) mass is 279 g/mol. The van der Waals surface area contributed by atoms with Crippen molar-refractivity contribution in [3.63, 3.8) is 0 Å². The van der Waals surface area contributed by atoms with Gasteiger partial charge in [0.1, 0.15) is 11.4 Å². The Kier molecular flexibility index (Phi) is 5.22. The van der Waals surface area contributed by atoms with Crippen molar-refractivity contribution >= 4 is 0 Å². The van der Waals surface area contributed by atoms with Crippen molar-refractivity contribution in [2.75, 3.05) is 13.7 Å². The van der Waals surface area contributed by atoms with Gasteiger partial charge in [-0.3, -0.25) is 0 Å². The number of aromatic nitrogens is 2. The normalized spacial score (nSPS) is 27.1. The molecular formula is C16H29N3O. The molecule has 1 heterocycles. The first-order chi connectivity index (χ1) is 9.55. The molecule has 1 fully saturated rings.